The molecule has 2 aliphatic rings. The van der Waals surface area contributed by atoms with Gasteiger partial charge in [-0.25, -0.2) is 0 Å². The maximum atomic E-state index is 5.39. The van der Waals surface area contributed by atoms with Gasteiger partial charge in [0.2, 0.25) is 13.6 Å². The van der Waals surface area contributed by atoms with Gasteiger partial charge in [-0.3, -0.25) is 0 Å². The Morgan fingerprint density at radius 3 is 1.55 bits per heavy atom. The van der Waals surface area contributed by atoms with E-state index in [4.69, 9.17) is 18.9 Å². The summed E-state index contributed by atoms with van der Waals surface area (Å²) < 4.78 is 21.4. The van der Waals surface area contributed by atoms with Crippen LogP contribution >= 0.6 is 0 Å². The van der Waals surface area contributed by atoms with Gasteiger partial charge in [0, 0.05) is 0 Å². The summed E-state index contributed by atoms with van der Waals surface area (Å²) in [6.07, 6.45) is 1.91. The van der Waals surface area contributed by atoms with Crippen LogP contribution in [-0.4, -0.2) is 13.6 Å². The number of fused-ring (bicyclic) bond motifs is 2. The lowest BCUT2D eigenvalue weighted by Gasteiger charge is -2.05. The molecule has 0 atom stereocenters. The van der Waals surface area contributed by atoms with Crippen LogP contribution in [0.2, 0.25) is 0 Å². The summed E-state index contributed by atoms with van der Waals surface area (Å²) in [4.78, 5) is 0. The second-order valence-corrected chi connectivity index (χ2v) is 4.88. The Morgan fingerprint density at radius 2 is 1.05 bits per heavy atom. The van der Waals surface area contributed by atoms with Crippen LogP contribution in [-0.2, 0) is 12.8 Å². The van der Waals surface area contributed by atoms with Gasteiger partial charge in [0.25, 0.3) is 0 Å². The molecule has 0 radical (unpaired) electrons. The van der Waals surface area contributed by atoms with Crippen molar-refractivity contribution in [2.24, 2.45) is 0 Å². The molecule has 0 spiro atoms. The highest BCUT2D eigenvalue weighted by Gasteiger charge is 2.14. The summed E-state index contributed by atoms with van der Waals surface area (Å²) in [6, 6.07) is 12.2. The standard InChI is InChI=1S/C16H14O4/c1(11-3-5-13-15(7-11)19-9-17-13)2-12-4-6-14-16(8-12)20-10-18-14/h3-8H,1-2,9-10H2. The monoisotopic (exact) mass is 270 g/mol. The average molecular weight is 270 g/mol. The highest BCUT2D eigenvalue weighted by atomic mass is 16.7. The van der Waals surface area contributed by atoms with Crippen LogP contribution in [0.4, 0.5) is 0 Å². The molecule has 0 saturated heterocycles. The Bertz CT molecular complexity index is 593. The van der Waals surface area contributed by atoms with Crippen molar-refractivity contribution in [3.63, 3.8) is 0 Å². The third-order valence-electron chi connectivity index (χ3n) is 3.58. The predicted molar refractivity (Wildman–Crippen MR) is 72.5 cm³/mol. The van der Waals surface area contributed by atoms with Crippen LogP contribution < -0.4 is 18.9 Å². The Kier molecular flexibility index (Phi) is 2.66. The minimum Gasteiger partial charge on any atom is -0.454 e. The molecule has 20 heavy (non-hydrogen) atoms. The number of benzene rings is 2. The van der Waals surface area contributed by atoms with E-state index >= 15 is 0 Å². The van der Waals surface area contributed by atoms with Gasteiger partial charge in [0.05, 0.1) is 0 Å². The van der Waals surface area contributed by atoms with Crippen molar-refractivity contribution in [1.82, 2.24) is 0 Å². The highest BCUT2D eigenvalue weighted by Crippen LogP contribution is 2.34. The molecule has 0 aromatic heterocycles. The molecular weight excluding hydrogens is 256 g/mol. The molecule has 0 fully saturated rings. The van der Waals surface area contributed by atoms with Crippen LogP contribution in [0.3, 0.4) is 0 Å². The molecule has 0 N–H and O–H groups in total. The number of hydrogen-bond acceptors (Lipinski definition) is 4. The molecule has 0 amide bonds. The molecule has 4 nitrogen and oxygen atoms in total. The molecule has 102 valence electrons. The zero-order chi connectivity index (χ0) is 13.4. The number of hydrogen-bond donors (Lipinski definition) is 0. The van der Waals surface area contributed by atoms with Gasteiger partial charge in [-0.2, -0.15) is 0 Å². The SMILES string of the molecule is c1cc2c(cc1CCc1ccc3c(c1)OCO3)OCO2. The van der Waals surface area contributed by atoms with Crippen LogP contribution in [0.1, 0.15) is 11.1 Å². The Balaban J connectivity index is 1.47. The molecule has 0 bridgehead atoms. The van der Waals surface area contributed by atoms with E-state index in [0.29, 0.717) is 13.6 Å². The van der Waals surface area contributed by atoms with Gasteiger partial charge < -0.3 is 18.9 Å². The molecule has 0 aliphatic carbocycles. The van der Waals surface area contributed by atoms with E-state index in [0.717, 1.165) is 35.8 Å². The second-order valence-electron chi connectivity index (χ2n) is 4.88. The lowest BCUT2D eigenvalue weighted by Crippen LogP contribution is -1.93. The normalized spacial score (nSPS) is 14.6. The largest absolute Gasteiger partial charge is 0.454 e. The summed E-state index contributed by atoms with van der Waals surface area (Å²) >= 11 is 0. The quantitative estimate of drug-likeness (QED) is 0.859. The molecule has 2 heterocycles. The Labute approximate surface area is 116 Å². The zero-order valence-electron chi connectivity index (χ0n) is 10.9. The zero-order valence-corrected chi connectivity index (χ0v) is 10.9. The molecule has 0 saturated carbocycles. The minimum atomic E-state index is 0.320. The van der Waals surface area contributed by atoms with Crippen molar-refractivity contribution < 1.29 is 18.9 Å². The molecule has 0 unspecified atom stereocenters. The molecule has 2 aliphatic heterocycles. The summed E-state index contributed by atoms with van der Waals surface area (Å²) in [5.41, 5.74) is 2.49. The highest BCUT2D eigenvalue weighted by molar-refractivity contribution is 5.46. The van der Waals surface area contributed by atoms with E-state index in [1.165, 1.54) is 11.1 Å². The molecule has 2 aromatic rings. The van der Waals surface area contributed by atoms with Crippen molar-refractivity contribution in [1.29, 1.82) is 0 Å². The van der Waals surface area contributed by atoms with Gasteiger partial charge >= 0.3 is 0 Å². The van der Waals surface area contributed by atoms with Crippen molar-refractivity contribution >= 4 is 0 Å². The van der Waals surface area contributed by atoms with Gasteiger partial charge in [-0.15, -0.1) is 0 Å². The van der Waals surface area contributed by atoms with Crippen LogP contribution in [0, 0.1) is 0 Å². The maximum absolute atomic E-state index is 5.39. The Morgan fingerprint density at radius 1 is 0.600 bits per heavy atom. The first-order valence-corrected chi connectivity index (χ1v) is 6.65. The first-order chi connectivity index (χ1) is 9.88. The molecule has 2 aromatic carbocycles. The van der Waals surface area contributed by atoms with Gasteiger partial charge in [-0.1, -0.05) is 12.1 Å². The van der Waals surface area contributed by atoms with Gasteiger partial charge in [0.1, 0.15) is 0 Å². The first-order valence-electron chi connectivity index (χ1n) is 6.65. The minimum absolute atomic E-state index is 0.320. The third kappa shape index (κ3) is 2.03. The van der Waals surface area contributed by atoms with Crippen LogP contribution in [0.5, 0.6) is 23.0 Å². The number of rotatable bonds is 3. The summed E-state index contributed by atoms with van der Waals surface area (Å²) in [7, 11) is 0. The maximum Gasteiger partial charge on any atom is 0.231 e. The third-order valence-corrected chi connectivity index (χ3v) is 3.58. The van der Waals surface area contributed by atoms with Crippen LogP contribution in [0.15, 0.2) is 36.4 Å². The van der Waals surface area contributed by atoms with Gasteiger partial charge in [-0.05, 0) is 48.2 Å². The van der Waals surface area contributed by atoms with E-state index < -0.39 is 0 Å². The fourth-order valence-electron chi connectivity index (χ4n) is 2.48. The summed E-state index contributed by atoms with van der Waals surface area (Å²) in [5.74, 6) is 3.34. The smallest absolute Gasteiger partial charge is 0.231 e. The molecular formula is C16H14O4. The Hall–Kier alpha value is -2.36. The van der Waals surface area contributed by atoms with Crippen molar-refractivity contribution in [2.75, 3.05) is 13.6 Å². The number of aryl methyl sites for hydroxylation is 2. The van der Waals surface area contributed by atoms with Gasteiger partial charge in [0.15, 0.2) is 23.0 Å². The van der Waals surface area contributed by atoms with E-state index in [-0.39, 0.29) is 0 Å². The van der Waals surface area contributed by atoms with Crippen molar-refractivity contribution in [2.45, 2.75) is 12.8 Å². The lowest BCUT2D eigenvalue weighted by atomic mass is 10.0. The van der Waals surface area contributed by atoms with E-state index in [1.807, 2.05) is 12.1 Å². The molecule has 4 heteroatoms. The fourth-order valence-corrected chi connectivity index (χ4v) is 2.48. The lowest BCUT2D eigenvalue weighted by molar-refractivity contribution is 0.173. The van der Waals surface area contributed by atoms with E-state index in [1.54, 1.807) is 0 Å². The second kappa shape index (κ2) is 4.63. The summed E-state index contributed by atoms with van der Waals surface area (Å²) in [5, 5.41) is 0. The fraction of sp³-hybridized carbons (Fsp3) is 0.250. The van der Waals surface area contributed by atoms with Crippen molar-refractivity contribution in [3.05, 3.63) is 47.5 Å². The topological polar surface area (TPSA) is 36.9 Å². The molecule has 4 rings (SSSR count). The first kappa shape index (κ1) is 11.5. The number of ether oxygens (including phenoxy) is 4. The summed E-state index contributed by atoms with van der Waals surface area (Å²) in [6.45, 7) is 0.641. The average Bonchev–Trinajstić information content (AvgIpc) is 3.12. The van der Waals surface area contributed by atoms with E-state index in [2.05, 4.69) is 24.3 Å². The predicted octanol–water partition coefficient (Wildman–Crippen LogP) is 2.93. The van der Waals surface area contributed by atoms with E-state index in [9.17, 15) is 0 Å². The van der Waals surface area contributed by atoms with Crippen LogP contribution in [0.25, 0.3) is 0 Å². The van der Waals surface area contributed by atoms with Crippen molar-refractivity contribution in [3.8, 4) is 23.0 Å².